The second-order valence-corrected chi connectivity index (χ2v) is 8.78. The predicted octanol–water partition coefficient (Wildman–Crippen LogP) is 0.987. The van der Waals surface area contributed by atoms with Crippen molar-refractivity contribution in [2.24, 2.45) is 5.92 Å². The molecule has 0 atom stereocenters. The minimum Gasteiger partial charge on any atom is -0.360 e. The number of sulfonamides is 1. The zero-order chi connectivity index (χ0) is 17.2. The Hall–Kier alpha value is -0.960. The van der Waals surface area contributed by atoms with Crippen LogP contribution in [-0.4, -0.2) is 68.6 Å². The van der Waals surface area contributed by atoms with Gasteiger partial charge in [-0.3, -0.25) is 0 Å². The lowest BCUT2D eigenvalue weighted by Gasteiger charge is -2.29. The van der Waals surface area contributed by atoms with Gasteiger partial charge in [0.05, 0.1) is 0 Å². The van der Waals surface area contributed by atoms with Gasteiger partial charge in [0.25, 0.3) is 0 Å². The zero-order valence-corrected chi connectivity index (χ0v) is 15.4. The average Bonchev–Trinajstić information content (AvgIpc) is 2.75. The van der Waals surface area contributed by atoms with Crippen LogP contribution in [0.5, 0.6) is 0 Å². The monoisotopic (exact) mass is 356 g/mol. The lowest BCUT2D eigenvalue weighted by Crippen LogP contribution is -2.39. The summed E-state index contributed by atoms with van der Waals surface area (Å²) in [5.74, 6) is 1.11. The highest BCUT2D eigenvalue weighted by molar-refractivity contribution is 7.89. The van der Waals surface area contributed by atoms with E-state index in [2.05, 4.69) is 15.4 Å². The Bertz CT molecular complexity index is 633. The third-order valence-corrected chi connectivity index (χ3v) is 7.23. The number of aryl methyl sites for hydroxylation is 2. The first-order valence-corrected chi connectivity index (χ1v) is 10.3. The van der Waals surface area contributed by atoms with Crippen molar-refractivity contribution >= 4 is 10.0 Å². The number of nitrogens with one attached hydrogen (secondary N) is 1. The van der Waals surface area contributed by atoms with Crippen molar-refractivity contribution in [1.29, 1.82) is 0 Å². The molecule has 0 spiro atoms. The standard InChI is InChI=1S/C16H28N4O3S/c1-13-16(14(2)23-18-13)24(21,22)20-9-3-8-19(10-11-20)12-15-4-6-17-7-5-15/h15,17H,3-12H2,1-2H3. The highest BCUT2D eigenvalue weighted by atomic mass is 32.2. The molecule has 0 bridgehead atoms. The maximum Gasteiger partial charge on any atom is 0.248 e. The molecule has 2 aliphatic heterocycles. The maximum absolute atomic E-state index is 12.9. The second-order valence-electron chi connectivity index (χ2n) is 6.90. The molecule has 0 saturated carbocycles. The number of piperidine rings is 1. The molecule has 24 heavy (non-hydrogen) atoms. The first kappa shape index (κ1) is 17.8. The van der Waals surface area contributed by atoms with Crippen molar-refractivity contribution in [3.05, 3.63) is 11.5 Å². The Morgan fingerprint density at radius 2 is 1.92 bits per heavy atom. The summed E-state index contributed by atoms with van der Waals surface area (Å²) in [4.78, 5) is 2.67. The normalized spacial score (nSPS) is 22.6. The largest absolute Gasteiger partial charge is 0.360 e. The number of hydrogen-bond donors (Lipinski definition) is 1. The number of nitrogens with zero attached hydrogens (tertiary/aromatic N) is 3. The van der Waals surface area contributed by atoms with E-state index in [4.69, 9.17) is 4.52 Å². The minimum atomic E-state index is -3.52. The number of hydrogen-bond acceptors (Lipinski definition) is 6. The molecule has 7 nitrogen and oxygen atoms in total. The zero-order valence-electron chi connectivity index (χ0n) is 14.6. The molecule has 3 rings (SSSR count). The van der Waals surface area contributed by atoms with Crippen molar-refractivity contribution < 1.29 is 12.9 Å². The highest BCUT2D eigenvalue weighted by Gasteiger charge is 2.32. The van der Waals surface area contributed by atoms with Crippen LogP contribution in [0.15, 0.2) is 9.42 Å². The molecule has 3 heterocycles. The molecule has 2 saturated heterocycles. The molecule has 0 aliphatic carbocycles. The molecule has 0 amide bonds. The minimum absolute atomic E-state index is 0.245. The van der Waals surface area contributed by atoms with Gasteiger partial charge in [-0.1, -0.05) is 5.16 Å². The van der Waals surface area contributed by atoms with Gasteiger partial charge in [-0.15, -0.1) is 0 Å². The maximum atomic E-state index is 12.9. The van der Waals surface area contributed by atoms with Crippen molar-refractivity contribution in [1.82, 2.24) is 19.7 Å². The Morgan fingerprint density at radius 3 is 2.58 bits per heavy atom. The van der Waals surface area contributed by atoms with E-state index in [1.807, 2.05) is 0 Å². The molecule has 0 unspecified atom stereocenters. The van der Waals surface area contributed by atoms with Crippen LogP contribution in [0.4, 0.5) is 0 Å². The molecule has 2 fully saturated rings. The van der Waals surface area contributed by atoms with Gasteiger partial charge in [-0.2, -0.15) is 4.31 Å². The summed E-state index contributed by atoms with van der Waals surface area (Å²) in [6, 6.07) is 0. The molecular weight excluding hydrogens is 328 g/mol. The first-order valence-electron chi connectivity index (χ1n) is 8.84. The third-order valence-electron chi connectivity index (χ3n) is 5.09. The summed E-state index contributed by atoms with van der Waals surface area (Å²) in [6.07, 6.45) is 3.31. The topological polar surface area (TPSA) is 78.7 Å². The van der Waals surface area contributed by atoms with E-state index in [1.54, 1.807) is 18.2 Å². The van der Waals surface area contributed by atoms with E-state index in [-0.39, 0.29) is 4.90 Å². The summed E-state index contributed by atoms with van der Waals surface area (Å²) in [5.41, 5.74) is 0.448. The summed E-state index contributed by atoms with van der Waals surface area (Å²) >= 11 is 0. The van der Waals surface area contributed by atoms with Gasteiger partial charge in [-0.05, 0) is 58.7 Å². The van der Waals surface area contributed by atoms with E-state index in [0.717, 1.165) is 45.1 Å². The fourth-order valence-electron chi connectivity index (χ4n) is 3.77. The summed E-state index contributed by atoms with van der Waals surface area (Å²) in [7, 11) is -3.52. The van der Waals surface area contributed by atoms with Crippen LogP contribution in [0.3, 0.4) is 0 Å². The molecule has 2 aliphatic rings. The van der Waals surface area contributed by atoms with Crippen molar-refractivity contribution in [2.75, 3.05) is 45.8 Å². The van der Waals surface area contributed by atoms with E-state index < -0.39 is 10.0 Å². The van der Waals surface area contributed by atoms with Gasteiger partial charge in [0.2, 0.25) is 10.0 Å². The van der Waals surface area contributed by atoms with E-state index in [0.29, 0.717) is 24.5 Å². The highest BCUT2D eigenvalue weighted by Crippen LogP contribution is 2.24. The quantitative estimate of drug-likeness (QED) is 0.867. The second kappa shape index (κ2) is 7.51. The predicted molar refractivity (Wildman–Crippen MR) is 91.4 cm³/mol. The summed E-state index contributed by atoms with van der Waals surface area (Å²) in [6.45, 7) is 9.51. The van der Waals surface area contributed by atoms with Gasteiger partial charge < -0.3 is 14.7 Å². The molecular formula is C16H28N4O3S. The Balaban J connectivity index is 1.64. The van der Waals surface area contributed by atoms with Crippen LogP contribution in [0.25, 0.3) is 0 Å². The van der Waals surface area contributed by atoms with Crippen LogP contribution in [-0.2, 0) is 10.0 Å². The molecule has 8 heteroatoms. The van der Waals surface area contributed by atoms with Crippen molar-refractivity contribution in [3.8, 4) is 0 Å². The van der Waals surface area contributed by atoms with Gasteiger partial charge in [0.1, 0.15) is 10.6 Å². The van der Waals surface area contributed by atoms with Crippen LogP contribution in [0.1, 0.15) is 30.7 Å². The van der Waals surface area contributed by atoms with E-state index in [9.17, 15) is 8.42 Å². The van der Waals surface area contributed by atoms with Crippen LogP contribution in [0.2, 0.25) is 0 Å². The van der Waals surface area contributed by atoms with Gasteiger partial charge >= 0.3 is 0 Å². The van der Waals surface area contributed by atoms with Crippen LogP contribution < -0.4 is 5.32 Å². The van der Waals surface area contributed by atoms with Crippen molar-refractivity contribution in [2.45, 2.75) is 38.0 Å². The molecule has 1 N–H and O–H groups in total. The first-order chi connectivity index (χ1) is 11.5. The Kier molecular flexibility index (Phi) is 5.59. The lowest BCUT2D eigenvalue weighted by molar-refractivity contribution is 0.213. The number of rotatable bonds is 4. The van der Waals surface area contributed by atoms with Crippen LogP contribution in [0, 0.1) is 19.8 Å². The summed E-state index contributed by atoms with van der Waals surface area (Å²) < 4.78 is 32.5. The summed E-state index contributed by atoms with van der Waals surface area (Å²) in [5, 5.41) is 7.19. The van der Waals surface area contributed by atoms with Gasteiger partial charge in [-0.25, -0.2) is 8.42 Å². The smallest absolute Gasteiger partial charge is 0.248 e. The Morgan fingerprint density at radius 1 is 1.17 bits per heavy atom. The van der Waals surface area contributed by atoms with Crippen molar-refractivity contribution in [3.63, 3.8) is 0 Å². The van der Waals surface area contributed by atoms with E-state index >= 15 is 0 Å². The Labute approximate surface area is 144 Å². The molecule has 136 valence electrons. The lowest BCUT2D eigenvalue weighted by atomic mass is 9.97. The number of aromatic nitrogens is 1. The fourth-order valence-corrected chi connectivity index (χ4v) is 5.53. The fraction of sp³-hybridized carbons (Fsp3) is 0.812. The average molecular weight is 356 g/mol. The molecule has 1 aromatic rings. The SMILES string of the molecule is Cc1noc(C)c1S(=O)(=O)N1CCCN(CC2CCNCC2)CC1. The van der Waals surface area contributed by atoms with Gasteiger partial charge in [0.15, 0.2) is 5.76 Å². The molecule has 0 aromatic carbocycles. The van der Waals surface area contributed by atoms with Gasteiger partial charge in [0, 0.05) is 26.2 Å². The molecule has 1 aromatic heterocycles. The molecule has 0 radical (unpaired) electrons. The van der Waals surface area contributed by atoms with E-state index in [1.165, 1.54) is 12.8 Å². The van der Waals surface area contributed by atoms with Crippen LogP contribution >= 0.6 is 0 Å². The third kappa shape index (κ3) is 3.82.